The molecule has 0 aliphatic carbocycles. The smallest absolute Gasteiger partial charge is 0.234 e. The number of rotatable bonds is 1. The van der Waals surface area contributed by atoms with E-state index in [1.807, 2.05) is 19.4 Å². The largest absolute Gasteiger partial charge is 0.455 e. The van der Waals surface area contributed by atoms with E-state index in [1.54, 1.807) is 6.20 Å². The molecule has 0 spiro atoms. The van der Waals surface area contributed by atoms with Crippen LogP contribution in [0.3, 0.4) is 0 Å². The highest BCUT2D eigenvalue weighted by Gasteiger charge is 2.22. The third-order valence-electron chi connectivity index (χ3n) is 5.24. The van der Waals surface area contributed by atoms with Crippen molar-refractivity contribution in [3.8, 4) is 11.3 Å². The Balaban J connectivity index is 2.03. The van der Waals surface area contributed by atoms with Gasteiger partial charge < -0.3 is 4.42 Å². The van der Waals surface area contributed by atoms with E-state index >= 15 is 0 Å². The van der Waals surface area contributed by atoms with Crippen molar-refractivity contribution in [2.24, 2.45) is 7.05 Å². The SMILES string of the molecule is Cc1cc(C)c2c(oc3ccc4ccccc4c32)c1-c1cncc[n+]1C. The van der Waals surface area contributed by atoms with Gasteiger partial charge >= 0.3 is 0 Å². The van der Waals surface area contributed by atoms with Gasteiger partial charge in [0.1, 0.15) is 18.2 Å². The summed E-state index contributed by atoms with van der Waals surface area (Å²) < 4.78 is 8.51. The number of hydrogen-bond acceptors (Lipinski definition) is 2. The maximum absolute atomic E-state index is 6.42. The summed E-state index contributed by atoms with van der Waals surface area (Å²) in [7, 11) is 2.04. The highest BCUT2D eigenvalue weighted by atomic mass is 16.3. The zero-order chi connectivity index (χ0) is 17.8. The number of hydrogen-bond donors (Lipinski definition) is 0. The molecular weight excluding hydrogens is 320 g/mol. The maximum Gasteiger partial charge on any atom is 0.234 e. The number of nitrogens with zero attached hydrogens (tertiary/aromatic N) is 2. The lowest BCUT2D eigenvalue weighted by Gasteiger charge is -2.07. The lowest BCUT2D eigenvalue weighted by Crippen LogP contribution is -2.30. The molecule has 0 saturated carbocycles. The summed E-state index contributed by atoms with van der Waals surface area (Å²) in [5.74, 6) is 0. The van der Waals surface area contributed by atoms with Crippen molar-refractivity contribution in [2.75, 3.05) is 0 Å². The first-order chi connectivity index (χ1) is 12.6. The minimum absolute atomic E-state index is 0.931. The number of aromatic nitrogens is 2. The summed E-state index contributed by atoms with van der Waals surface area (Å²) in [6.07, 6.45) is 5.68. The normalized spacial score (nSPS) is 11.7. The Hall–Kier alpha value is -3.20. The highest BCUT2D eigenvalue weighted by molar-refractivity contribution is 6.21. The molecule has 0 saturated heterocycles. The van der Waals surface area contributed by atoms with Crippen molar-refractivity contribution in [1.82, 2.24) is 4.98 Å². The van der Waals surface area contributed by atoms with E-state index in [9.17, 15) is 0 Å². The molecule has 2 aromatic heterocycles. The van der Waals surface area contributed by atoms with E-state index in [2.05, 4.69) is 65.9 Å². The van der Waals surface area contributed by atoms with Gasteiger partial charge in [0.2, 0.25) is 5.69 Å². The first-order valence-corrected chi connectivity index (χ1v) is 8.79. The Kier molecular flexibility index (Phi) is 3.13. The molecule has 3 aromatic carbocycles. The van der Waals surface area contributed by atoms with Crippen LogP contribution in [0.4, 0.5) is 0 Å². The molecule has 126 valence electrons. The summed E-state index contributed by atoms with van der Waals surface area (Å²) in [4.78, 5) is 4.33. The minimum Gasteiger partial charge on any atom is -0.455 e. The standard InChI is InChI=1S/C23H19N2O/c1-14-12-15(2)21-22-17-7-5-4-6-16(17)8-9-19(22)26-23(21)20(14)18-13-24-10-11-25(18)3/h4-13H,1-3H3/q+1. The first kappa shape index (κ1) is 15.1. The van der Waals surface area contributed by atoms with Crippen molar-refractivity contribution in [3.63, 3.8) is 0 Å². The topological polar surface area (TPSA) is 29.9 Å². The fraction of sp³-hybridized carbons (Fsp3) is 0.130. The Morgan fingerprint density at radius 2 is 1.81 bits per heavy atom. The summed E-state index contributed by atoms with van der Waals surface area (Å²) in [6, 6.07) is 15.0. The second-order valence-corrected chi connectivity index (χ2v) is 6.92. The zero-order valence-electron chi connectivity index (χ0n) is 15.1. The van der Waals surface area contributed by atoms with Gasteiger partial charge in [-0.1, -0.05) is 36.4 Å². The van der Waals surface area contributed by atoms with E-state index in [0.29, 0.717) is 0 Å². The number of fused-ring (bicyclic) bond motifs is 5. The van der Waals surface area contributed by atoms with E-state index in [-0.39, 0.29) is 0 Å². The van der Waals surface area contributed by atoms with Crippen molar-refractivity contribution in [1.29, 1.82) is 0 Å². The number of furan rings is 1. The molecule has 0 aliphatic heterocycles. The van der Waals surface area contributed by atoms with Gasteiger partial charge in [-0.3, -0.25) is 4.98 Å². The lowest BCUT2D eigenvalue weighted by atomic mass is 9.95. The fourth-order valence-corrected chi connectivity index (χ4v) is 4.05. The molecule has 0 atom stereocenters. The van der Waals surface area contributed by atoms with Gasteiger partial charge in [0.15, 0.2) is 6.20 Å². The lowest BCUT2D eigenvalue weighted by molar-refractivity contribution is -0.660. The molecule has 5 rings (SSSR count). The molecule has 0 bridgehead atoms. The van der Waals surface area contributed by atoms with Gasteiger partial charge in [-0.15, -0.1) is 0 Å². The van der Waals surface area contributed by atoms with Gasteiger partial charge in [-0.25, -0.2) is 0 Å². The van der Waals surface area contributed by atoms with Gasteiger partial charge in [-0.05, 0) is 41.8 Å². The van der Waals surface area contributed by atoms with E-state index in [1.165, 1.54) is 32.7 Å². The highest BCUT2D eigenvalue weighted by Crippen LogP contribution is 2.41. The zero-order valence-corrected chi connectivity index (χ0v) is 15.1. The van der Waals surface area contributed by atoms with Crippen LogP contribution in [-0.2, 0) is 7.05 Å². The first-order valence-electron chi connectivity index (χ1n) is 8.79. The van der Waals surface area contributed by atoms with Crippen LogP contribution in [-0.4, -0.2) is 4.98 Å². The van der Waals surface area contributed by atoms with Crippen molar-refractivity contribution in [2.45, 2.75) is 13.8 Å². The van der Waals surface area contributed by atoms with Crippen LogP contribution in [0.1, 0.15) is 11.1 Å². The molecule has 0 aliphatic rings. The Bertz CT molecular complexity index is 1310. The maximum atomic E-state index is 6.42. The van der Waals surface area contributed by atoms with Gasteiger partial charge in [0, 0.05) is 10.8 Å². The van der Waals surface area contributed by atoms with Gasteiger partial charge in [-0.2, -0.15) is 4.57 Å². The Labute approximate surface area is 151 Å². The third kappa shape index (κ3) is 2.00. The summed E-state index contributed by atoms with van der Waals surface area (Å²) in [6.45, 7) is 4.30. The average molecular weight is 339 g/mol. The van der Waals surface area contributed by atoms with Crippen LogP contribution in [0, 0.1) is 13.8 Å². The molecule has 5 aromatic rings. The van der Waals surface area contributed by atoms with Crippen molar-refractivity contribution >= 4 is 32.7 Å². The summed E-state index contributed by atoms with van der Waals surface area (Å²) in [5, 5.41) is 4.86. The van der Waals surface area contributed by atoms with E-state index in [0.717, 1.165) is 22.4 Å². The molecular formula is C23H19N2O+. The van der Waals surface area contributed by atoms with E-state index in [4.69, 9.17) is 4.42 Å². The third-order valence-corrected chi connectivity index (χ3v) is 5.24. The Morgan fingerprint density at radius 1 is 0.962 bits per heavy atom. The number of benzene rings is 3. The molecule has 0 N–H and O–H groups in total. The predicted octanol–water partition coefficient (Wildman–Crippen LogP) is 5.24. The van der Waals surface area contributed by atoms with Crippen LogP contribution in [0.15, 0.2) is 65.5 Å². The summed E-state index contributed by atoms with van der Waals surface area (Å²) >= 11 is 0. The molecule has 0 radical (unpaired) electrons. The second-order valence-electron chi connectivity index (χ2n) is 6.92. The Morgan fingerprint density at radius 3 is 2.65 bits per heavy atom. The minimum atomic E-state index is 0.931. The van der Waals surface area contributed by atoms with E-state index < -0.39 is 0 Å². The van der Waals surface area contributed by atoms with Crippen molar-refractivity contribution in [3.05, 3.63) is 72.2 Å². The van der Waals surface area contributed by atoms with Gasteiger partial charge in [0.05, 0.1) is 18.0 Å². The quantitative estimate of drug-likeness (QED) is 0.391. The predicted molar refractivity (Wildman–Crippen MR) is 105 cm³/mol. The monoisotopic (exact) mass is 339 g/mol. The molecule has 3 heteroatoms. The van der Waals surface area contributed by atoms with Crippen LogP contribution in [0.25, 0.3) is 44.0 Å². The van der Waals surface area contributed by atoms with Crippen molar-refractivity contribution < 1.29 is 8.98 Å². The van der Waals surface area contributed by atoms with Crippen LogP contribution in [0.2, 0.25) is 0 Å². The molecule has 0 unspecified atom stereocenters. The van der Waals surface area contributed by atoms with Crippen LogP contribution in [0.5, 0.6) is 0 Å². The van der Waals surface area contributed by atoms with Crippen LogP contribution < -0.4 is 4.57 Å². The fourth-order valence-electron chi connectivity index (χ4n) is 4.05. The van der Waals surface area contributed by atoms with Crippen LogP contribution >= 0.6 is 0 Å². The average Bonchev–Trinajstić information content (AvgIpc) is 3.03. The molecule has 2 heterocycles. The summed E-state index contributed by atoms with van der Waals surface area (Å²) in [5.41, 5.74) is 6.47. The number of aryl methyl sites for hydroxylation is 3. The molecule has 3 nitrogen and oxygen atoms in total. The van der Waals surface area contributed by atoms with Gasteiger partial charge in [0.25, 0.3) is 0 Å². The molecule has 26 heavy (non-hydrogen) atoms. The second kappa shape index (κ2) is 5.40. The molecule has 0 amide bonds. The molecule has 0 fully saturated rings.